The third-order valence-electron chi connectivity index (χ3n) is 4.94. The van der Waals surface area contributed by atoms with Gasteiger partial charge in [-0.2, -0.15) is 10.1 Å². The van der Waals surface area contributed by atoms with Gasteiger partial charge in [0.1, 0.15) is 18.1 Å². The number of ether oxygens (including phenoxy) is 1. The molecule has 3 aromatic rings. The van der Waals surface area contributed by atoms with Crippen LogP contribution in [0, 0.1) is 0 Å². The lowest BCUT2D eigenvalue weighted by molar-refractivity contribution is -0.114. The number of aromatic nitrogens is 3. The molecule has 1 aliphatic rings. The highest BCUT2D eigenvalue weighted by atomic mass is 16.5. The minimum absolute atomic E-state index is 0.152. The van der Waals surface area contributed by atoms with Crippen LogP contribution in [0.5, 0.6) is 5.75 Å². The second kappa shape index (κ2) is 8.31. The first-order chi connectivity index (χ1) is 15.0. The summed E-state index contributed by atoms with van der Waals surface area (Å²) in [5.41, 5.74) is 3.23. The molecular formula is C22H22N6O3. The van der Waals surface area contributed by atoms with E-state index in [0.29, 0.717) is 34.3 Å². The summed E-state index contributed by atoms with van der Waals surface area (Å²) in [4.78, 5) is 29.0. The second-order valence-corrected chi connectivity index (χ2v) is 7.05. The van der Waals surface area contributed by atoms with E-state index in [1.807, 2.05) is 31.2 Å². The van der Waals surface area contributed by atoms with E-state index < -0.39 is 6.04 Å². The highest BCUT2D eigenvalue weighted by molar-refractivity contribution is 6.06. The summed E-state index contributed by atoms with van der Waals surface area (Å²) >= 11 is 0. The lowest BCUT2D eigenvalue weighted by atomic mass is 9.94. The van der Waals surface area contributed by atoms with Crippen molar-refractivity contribution < 1.29 is 14.3 Å². The maximum atomic E-state index is 13.4. The van der Waals surface area contributed by atoms with Gasteiger partial charge >= 0.3 is 0 Å². The Bertz CT molecular complexity index is 1170. The van der Waals surface area contributed by atoms with Crippen molar-refractivity contribution in [3.05, 3.63) is 71.7 Å². The first-order valence-electron chi connectivity index (χ1n) is 9.67. The highest BCUT2D eigenvalue weighted by Crippen LogP contribution is 2.36. The average Bonchev–Trinajstić information content (AvgIpc) is 3.21. The van der Waals surface area contributed by atoms with Crippen molar-refractivity contribution in [1.82, 2.24) is 14.8 Å². The zero-order chi connectivity index (χ0) is 22.0. The average molecular weight is 418 g/mol. The number of anilines is 3. The van der Waals surface area contributed by atoms with Crippen LogP contribution in [-0.4, -0.2) is 33.7 Å². The molecule has 1 atom stereocenters. The van der Waals surface area contributed by atoms with Gasteiger partial charge in [0.25, 0.3) is 5.91 Å². The smallest absolute Gasteiger partial charge is 0.255 e. The van der Waals surface area contributed by atoms with Gasteiger partial charge in [-0.25, -0.2) is 4.68 Å². The second-order valence-electron chi connectivity index (χ2n) is 7.05. The number of fused-ring (bicyclic) bond motifs is 1. The van der Waals surface area contributed by atoms with Gasteiger partial charge in [-0.05, 0) is 36.8 Å². The number of allylic oxidation sites excluding steroid dienone is 1. The quantitative estimate of drug-likeness (QED) is 0.587. The Balaban J connectivity index is 1.72. The van der Waals surface area contributed by atoms with Crippen molar-refractivity contribution in [2.75, 3.05) is 23.1 Å². The Labute approximate surface area is 179 Å². The van der Waals surface area contributed by atoms with Crippen LogP contribution in [-0.2, 0) is 9.59 Å². The number of nitrogens with one attached hydrogen (secondary N) is 3. The Morgan fingerprint density at radius 2 is 1.84 bits per heavy atom. The van der Waals surface area contributed by atoms with Crippen molar-refractivity contribution in [2.45, 2.75) is 19.9 Å². The Morgan fingerprint density at radius 3 is 2.55 bits per heavy atom. The number of carbonyl (C=O) groups excluding carboxylic acids is 2. The van der Waals surface area contributed by atoms with Crippen LogP contribution in [0.25, 0.3) is 0 Å². The number of para-hydroxylation sites is 2. The largest absolute Gasteiger partial charge is 0.495 e. The van der Waals surface area contributed by atoms with Gasteiger partial charge in [-0.15, -0.1) is 0 Å². The Kier molecular flexibility index (Phi) is 5.40. The van der Waals surface area contributed by atoms with Crippen LogP contribution in [0.15, 0.2) is 66.1 Å². The molecule has 0 spiro atoms. The molecule has 2 heterocycles. The van der Waals surface area contributed by atoms with Crippen LogP contribution < -0.4 is 20.7 Å². The van der Waals surface area contributed by atoms with E-state index in [1.54, 1.807) is 36.1 Å². The molecule has 0 aliphatic carbocycles. The summed E-state index contributed by atoms with van der Waals surface area (Å²) in [6.07, 6.45) is 1.44. The first-order valence-corrected chi connectivity index (χ1v) is 9.67. The number of amides is 2. The van der Waals surface area contributed by atoms with Gasteiger partial charge in [0.05, 0.1) is 18.4 Å². The molecule has 1 aliphatic heterocycles. The molecule has 0 fully saturated rings. The van der Waals surface area contributed by atoms with Crippen LogP contribution in [0.3, 0.4) is 0 Å². The summed E-state index contributed by atoms with van der Waals surface area (Å²) in [5, 5.41) is 13.2. The summed E-state index contributed by atoms with van der Waals surface area (Å²) in [6.45, 7) is 3.28. The molecule has 9 nitrogen and oxygen atoms in total. The molecule has 0 saturated heterocycles. The van der Waals surface area contributed by atoms with E-state index in [2.05, 4.69) is 26.0 Å². The molecule has 2 aromatic carbocycles. The van der Waals surface area contributed by atoms with Gasteiger partial charge in [0.15, 0.2) is 0 Å². The molecule has 31 heavy (non-hydrogen) atoms. The number of methoxy groups -OCH3 is 1. The lowest BCUT2D eigenvalue weighted by Gasteiger charge is -2.29. The van der Waals surface area contributed by atoms with Gasteiger partial charge in [0, 0.05) is 18.3 Å². The minimum Gasteiger partial charge on any atom is -0.495 e. The molecule has 0 radical (unpaired) electrons. The maximum absolute atomic E-state index is 13.4. The normalized spacial score (nSPS) is 15.0. The van der Waals surface area contributed by atoms with Crippen molar-refractivity contribution in [3.8, 4) is 5.75 Å². The number of carbonyl (C=O) groups is 2. The standard InChI is InChI=1S/C22H22N6O3/c1-13-19(21(30)27-17-6-4-5-7-18(17)31-3)20(28-22(25-13)23-12-24-28)15-8-10-16(11-9-15)26-14(2)29/h4-12,20H,1-3H3,(H,26,29)(H,27,30)(H,23,24,25)/t20-/m1/s1. The lowest BCUT2D eigenvalue weighted by Crippen LogP contribution is -2.31. The summed E-state index contributed by atoms with van der Waals surface area (Å²) < 4.78 is 7.02. The number of hydrogen-bond donors (Lipinski definition) is 3. The van der Waals surface area contributed by atoms with E-state index in [1.165, 1.54) is 13.3 Å². The Hall–Kier alpha value is -4.14. The third kappa shape index (κ3) is 3.97. The predicted molar refractivity (Wildman–Crippen MR) is 117 cm³/mol. The fraction of sp³-hybridized carbons (Fsp3) is 0.182. The van der Waals surface area contributed by atoms with E-state index in [0.717, 1.165) is 5.56 Å². The molecule has 9 heteroatoms. The van der Waals surface area contributed by atoms with Crippen molar-refractivity contribution >= 4 is 29.1 Å². The summed E-state index contributed by atoms with van der Waals surface area (Å²) in [5.74, 6) is 0.671. The highest BCUT2D eigenvalue weighted by Gasteiger charge is 2.33. The molecule has 0 unspecified atom stereocenters. The maximum Gasteiger partial charge on any atom is 0.255 e. The SMILES string of the molecule is COc1ccccc1NC(=O)C1=C(C)Nc2ncnn2[C@@H]1c1ccc(NC(C)=O)cc1. The molecular weight excluding hydrogens is 396 g/mol. The fourth-order valence-electron chi connectivity index (χ4n) is 3.58. The van der Waals surface area contributed by atoms with Crippen molar-refractivity contribution in [3.63, 3.8) is 0 Å². The first kappa shape index (κ1) is 20.1. The number of benzene rings is 2. The van der Waals surface area contributed by atoms with Crippen LogP contribution in [0.2, 0.25) is 0 Å². The number of hydrogen-bond acceptors (Lipinski definition) is 6. The predicted octanol–water partition coefficient (Wildman–Crippen LogP) is 3.17. The topological polar surface area (TPSA) is 110 Å². The van der Waals surface area contributed by atoms with Crippen molar-refractivity contribution in [1.29, 1.82) is 0 Å². The van der Waals surface area contributed by atoms with E-state index in [-0.39, 0.29) is 11.8 Å². The molecule has 3 N–H and O–H groups in total. The van der Waals surface area contributed by atoms with Gasteiger partial charge < -0.3 is 20.7 Å². The zero-order valence-electron chi connectivity index (χ0n) is 17.3. The van der Waals surface area contributed by atoms with Crippen LogP contribution >= 0.6 is 0 Å². The van der Waals surface area contributed by atoms with E-state index in [4.69, 9.17) is 4.74 Å². The van der Waals surface area contributed by atoms with E-state index >= 15 is 0 Å². The van der Waals surface area contributed by atoms with Gasteiger partial charge in [-0.3, -0.25) is 9.59 Å². The third-order valence-corrected chi connectivity index (χ3v) is 4.94. The fourth-order valence-corrected chi connectivity index (χ4v) is 3.58. The van der Waals surface area contributed by atoms with Crippen molar-refractivity contribution in [2.24, 2.45) is 0 Å². The zero-order valence-corrected chi connectivity index (χ0v) is 17.3. The van der Waals surface area contributed by atoms with E-state index in [9.17, 15) is 9.59 Å². The summed E-state index contributed by atoms with van der Waals surface area (Å²) in [7, 11) is 1.55. The minimum atomic E-state index is -0.500. The number of rotatable bonds is 5. The molecule has 4 rings (SSSR count). The Morgan fingerprint density at radius 1 is 1.10 bits per heavy atom. The number of nitrogens with zero attached hydrogens (tertiary/aromatic N) is 3. The molecule has 0 saturated carbocycles. The van der Waals surface area contributed by atoms with Gasteiger partial charge in [-0.1, -0.05) is 24.3 Å². The van der Waals surface area contributed by atoms with Crippen LogP contribution in [0.4, 0.5) is 17.3 Å². The molecule has 1 aromatic heterocycles. The van der Waals surface area contributed by atoms with Crippen LogP contribution in [0.1, 0.15) is 25.5 Å². The summed E-state index contributed by atoms with van der Waals surface area (Å²) in [6, 6.07) is 14.0. The monoisotopic (exact) mass is 418 g/mol. The van der Waals surface area contributed by atoms with Gasteiger partial charge in [0.2, 0.25) is 11.9 Å². The molecule has 2 amide bonds. The molecule has 0 bridgehead atoms. The molecule has 158 valence electrons.